The average molecular weight is 353 g/mol. The zero-order valence-corrected chi connectivity index (χ0v) is 15.8. The number of aromatic nitrogens is 1. The Kier molecular flexibility index (Phi) is 3.06. The first kappa shape index (κ1) is 10.7. The Morgan fingerprint density at radius 3 is 2.46 bits per heavy atom. The molecule has 0 saturated heterocycles. The summed E-state index contributed by atoms with van der Waals surface area (Å²) in [7, 11) is 1.78. The van der Waals surface area contributed by atoms with E-state index in [9.17, 15) is 0 Å². The highest BCUT2D eigenvalue weighted by atomic mass is 14.9. The van der Waals surface area contributed by atoms with Crippen LogP contribution in [0.3, 0.4) is 0 Å². The quantitative estimate of drug-likeness (QED) is 0.505. The van der Waals surface area contributed by atoms with Crippen LogP contribution in [0.25, 0.3) is 22.4 Å². The molecule has 0 atom stereocenters. The van der Waals surface area contributed by atoms with Crippen LogP contribution in [-0.4, -0.2) is 0 Å². The maximum atomic E-state index is 8.29. The second kappa shape index (κ2) is 7.45. The molecular weight excluding hydrogens is 314 g/mol. The van der Waals surface area contributed by atoms with Gasteiger partial charge in [-0.25, -0.2) is 4.57 Å². The molecule has 3 rings (SSSR count). The molecular formula is C25H30N+. The van der Waals surface area contributed by atoms with Gasteiger partial charge in [0.25, 0.3) is 0 Å². The van der Waals surface area contributed by atoms with Crippen molar-refractivity contribution in [2.24, 2.45) is 7.05 Å². The Morgan fingerprint density at radius 1 is 0.923 bits per heavy atom. The summed E-state index contributed by atoms with van der Waals surface area (Å²) in [5.74, 6) is 0. The largest absolute Gasteiger partial charge is 0.212 e. The molecule has 0 saturated carbocycles. The van der Waals surface area contributed by atoms with Crippen LogP contribution in [0.4, 0.5) is 0 Å². The first-order chi connectivity index (χ1) is 15.6. The summed E-state index contributed by atoms with van der Waals surface area (Å²) in [6.07, 6.45) is 0.371. The Balaban J connectivity index is 2.30. The molecule has 26 heavy (non-hydrogen) atoms. The molecule has 0 aliphatic carbocycles. The van der Waals surface area contributed by atoms with Gasteiger partial charge >= 0.3 is 0 Å². The second-order valence-electron chi connectivity index (χ2n) is 6.69. The van der Waals surface area contributed by atoms with Crippen molar-refractivity contribution in [3.05, 3.63) is 76.5 Å². The summed E-state index contributed by atoms with van der Waals surface area (Å²) < 4.78 is 66.0. The van der Waals surface area contributed by atoms with Crippen LogP contribution in [0.5, 0.6) is 0 Å². The maximum Gasteiger partial charge on any atom is 0.212 e. The lowest BCUT2D eigenvalue weighted by molar-refractivity contribution is -0.660. The van der Waals surface area contributed by atoms with Gasteiger partial charge in [0.2, 0.25) is 5.69 Å². The zero-order chi connectivity index (χ0) is 25.6. The van der Waals surface area contributed by atoms with Crippen molar-refractivity contribution in [2.45, 2.75) is 47.3 Å². The van der Waals surface area contributed by atoms with E-state index in [1.165, 1.54) is 0 Å². The molecule has 1 nitrogen and oxygen atoms in total. The standard InChI is InChI=1S/C25H30N/c1-7-9-21-10-8-11-22(14-21)23-15-24(19(4)12-18(23)3)25-13-17(2)20(5)16-26(25)6/h8,10-16H,7,9H2,1-6H3/q+1/i3D3,5D3,9D2. The molecule has 0 aliphatic heterocycles. The lowest BCUT2D eigenvalue weighted by Gasteiger charge is -2.13. The highest BCUT2D eigenvalue weighted by Gasteiger charge is 2.17. The van der Waals surface area contributed by atoms with Crippen molar-refractivity contribution in [1.82, 2.24) is 0 Å². The smallest absolute Gasteiger partial charge is 0.201 e. The van der Waals surface area contributed by atoms with Gasteiger partial charge in [0.1, 0.15) is 7.05 Å². The minimum Gasteiger partial charge on any atom is -0.201 e. The fourth-order valence-electron chi connectivity index (χ4n) is 3.24. The normalized spacial score (nSPS) is 17.1. The number of hydrogen-bond donors (Lipinski definition) is 0. The highest BCUT2D eigenvalue weighted by molar-refractivity contribution is 5.76. The number of nitrogens with zero attached hydrogens (tertiary/aromatic N) is 1. The molecule has 1 heteroatoms. The van der Waals surface area contributed by atoms with E-state index < -0.39 is 20.1 Å². The predicted molar refractivity (Wildman–Crippen MR) is 111 cm³/mol. The van der Waals surface area contributed by atoms with Crippen LogP contribution >= 0.6 is 0 Å². The molecule has 0 N–H and O–H groups in total. The van der Waals surface area contributed by atoms with Gasteiger partial charge < -0.3 is 0 Å². The van der Waals surface area contributed by atoms with Gasteiger partial charge in [0, 0.05) is 28.2 Å². The minimum absolute atomic E-state index is 0.196. The Bertz CT molecular complexity index is 1220. The van der Waals surface area contributed by atoms with Crippen molar-refractivity contribution in [2.75, 3.05) is 0 Å². The minimum atomic E-state index is -2.36. The van der Waals surface area contributed by atoms with Crippen LogP contribution in [0.1, 0.15) is 52.1 Å². The van der Waals surface area contributed by atoms with Crippen LogP contribution in [-0.2, 0) is 13.4 Å². The molecule has 0 spiro atoms. The summed E-state index contributed by atoms with van der Waals surface area (Å²) in [6, 6.07) is 12.3. The number of aryl methyl sites for hydroxylation is 6. The molecule has 0 radical (unpaired) electrons. The van der Waals surface area contributed by atoms with Crippen molar-refractivity contribution in [1.29, 1.82) is 0 Å². The maximum absolute atomic E-state index is 8.29. The lowest BCUT2D eigenvalue weighted by Crippen LogP contribution is -2.31. The van der Waals surface area contributed by atoms with E-state index in [1.54, 1.807) is 62.0 Å². The molecule has 1 heterocycles. The fraction of sp³-hybridized carbons (Fsp3) is 0.320. The van der Waals surface area contributed by atoms with E-state index in [2.05, 4.69) is 0 Å². The van der Waals surface area contributed by atoms with E-state index in [1.807, 2.05) is 19.1 Å². The number of benzene rings is 2. The summed E-state index contributed by atoms with van der Waals surface area (Å²) in [5.41, 5.74) is 5.03. The summed E-state index contributed by atoms with van der Waals surface area (Å²) in [5, 5.41) is 0. The van der Waals surface area contributed by atoms with Gasteiger partial charge in [-0.3, -0.25) is 0 Å². The molecule has 1 aromatic heterocycles. The molecule has 0 amide bonds. The number of hydrogen-bond acceptors (Lipinski definition) is 0. The first-order valence-electron chi connectivity index (χ1n) is 12.8. The van der Waals surface area contributed by atoms with Crippen LogP contribution in [0.2, 0.25) is 0 Å². The van der Waals surface area contributed by atoms with Crippen molar-refractivity contribution in [3.8, 4) is 22.4 Å². The SMILES string of the molecule is [2H]C([2H])([2H])c1c[n+](C)c(-c2cc(-c3cccc(C([2H])([2H])CC)c3)c(C([2H])([2H])[2H])cc2C)cc1C. The topological polar surface area (TPSA) is 3.88 Å². The third kappa shape index (κ3) is 3.58. The van der Waals surface area contributed by atoms with E-state index in [-0.39, 0.29) is 11.1 Å². The third-order valence-corrected chi connectivity index (χ3v) is 4.68. The molecule has 0 unspecified atom stereocenters. The molecule has 0 aliphatic rings. The van der Waals surface area contributed by atoms with E-state index in [0.29, 0.717) is 28.7 Å². The Hall–Kier alpha value is -2.41. The van der Waals surface area contributed by atoms with Gasteiger partial charge in [-0.15, -0.1) is 0 Å². The van der Waals surface area contributed by atoms with Crippen LogP contribution < -0.4 is 4.57 Å². The number of rotatable bonds is 4. The van der Waals surface area contributed by atoms with Gasteiger partial charge in [0.15, 0.2) is 6.20 Å². The van der Waals surface area contributed by atoms with Crippen molar-refractivity contribution < 1.29 is 15.5 Å². The highest BCUT2D eigenvalue weighted by Crippen LogP contribution is 2.32. The molecule has 0 bridgehead atoms. The summed E-state index contributed by atoms with van der Waals surface area (Å²) >= 11 is 0. The van der Waals surface area contributed by atoms with Gasteiger partial charge in [-0.05, 0) is 73.4 Å². The predicted octanol–water partition coefficient (Wildman–Crippen LogP) is 6.03. The van der Waals surface area contributed by atoms with Gasteiger partial charge in [-0.2, -0.15) is 0 Å². The monoisotopic (exact) mass is 352 g/mol. The molecule has 2 aromatic carbocycles. The zero-order valence-electron chi connectivity index (χ0n) is 23.8. The van der Waals surface area contributed by atoms with Gasteiger partial charge in [-0.1, -0.05) is 43.7 Å². The second-order valence-corrected chi connectivity index (χ2v) is 6.69. The molecule has 134 valence electrons. The van der Waals surface area contributed by atoms with Crippen molar-refractivity contribution >= 4 is 0 Å². The van der Waals surface area contributed by atoms with E-state index in [0.717, 1.165) is 16.8 Å². The number of pyridine rings is 1. The van der Waals surface area contributed by atoms with E-state index >= 15 is 0 Å². The lowest BCUT2D eigenvalue weighted by atomic mass is 9.92. The van der Waals surface area contributed by atoms with Crippen molar-refractivity contribution in [3.63, 3.8) is 0 Å². The average Bonchev–Trinajstić information content (AvgIpc) is 2.73. The van der Waals surface area contributed by atoms with Gasteiger partial charge in [0.05, 0.1) is 0 Å². The van der Waals surface area contributed by atoms with Crippen LogP contribution in [0.15, 0.2) is 48.7 Å². The first-order valence-corrected chi connectivity index (χ1v) is 8.83. The summed E-state index contributed by atoms with van der Waals surface area (Å²) in [6.45, 7) is 0.782. The molecule has 3 aromatic rings. The Labute approximate surface area is 169 Å². The third-order valence-electron chi connectivity index (χ3n) is 4.68. The van der Waals surface area contributed by atoms with E-state index in [4.69, 9.17) is 11.0 Å². The van der Waals surface area contributed by atoms with Crippen LogP contribution in [0, 0.1) is 27.6 Å². The fourth-order valence-corrected chi connectivity index (χ4v) is 3.24. The summed E-state index contributed by atoms with van der Waals surface area (Å²) in [4.78, 5) is 0. The Morgan fingerprint density at radius 2 is 1.73 bits per heavy atom. The molecule has 0 fully saturated rings.